The zero-order chi connectivity index (χ0) is 20.8. The molecule has 29 heavy (non-hydrogen) atoms. The van der Waals surface area contributed by atoms with Gasteiger partial charge in [-0.1, -0.05) is 24.3 Å². The summed E-state index contributed by atoms with van der Waals surface area (Å²) in [6, 6.07) is 13.3. The van der Waals surface area contributed by atoms with Crippen LogP contribution in [0.1, 0.15) is 27.4 Å². The highest BCUT2D eigenvalue weighted by Gasteiger charge is 2.14. The molecule has 0 spiro atoms. The molecule has 0 amide bonds. The number of hydrogen-bond donors (Lipinski definition) is 2. The van der Waals surface area contributed by atoms with Gasteiger partial charge in [0.15, 0.2) is 0 Å². The van der Waals surface area contributed by atoms with Crippen LogP contribution >= 0.6 is 11.8 Å². The minimum Gasteiger partial charge on any atom is -0.489 e. The molecule has 0 aliphatic carbocycles. The number of carboxylic acid groups (broad SMARTS) is 2. The summed E-state index contributed by atoms with van der Waals surface area (Å²) in [7, 11) is 0. The molecular formula is C20H16N2O6S. The summed E-state index contributed by atoms with van der Waals surface area (Å²) >= 11 is 0.876. The molecule has 1 aromatic heterocycles. The van der Waals surface area contributed by atoms with Crippen molar-refractivity contribution in [2.75, 3.05) is 0 Å². The summed E-state index contributed by atoms with van der Waals surface area (Å²) < 4.78 is 10.9. The summed E-state index contributed by atoms with van der Waals surface area (Å²) in [5.41, 5.74) is 1.72. The van der Waals surface area contributed by atoms with Gasteiger partial charge in [0.05, 0.1) is 5.56 Å². The minimum atomic E-state index is -1.10. The lowest BCUT2D eigenvalue weighted by Gasteiger charge is -2.07. The number of aliphatic carboxylic acids is 1. The second-order valence-corrected chi connectivity index (χ2v) is 6.86. The van der Waals surface area contributed by atoms with E-state index >= 15 is 0 Å². The van der Waals surface area contributed by atoms with Crippen molar-refractivity contribution in [3.63, 3.8) is 0 Å². The van der Waals surface area contributed by atoms with Crippen molar-refractivity contribution in [2.24, 2.45) is 0 Å². The van der Waals surface area contributed by atoms with Crippen LogP contribution < -0.4 is 4.74 Å². The molecule has 0 unspecified atom stereocenters. The van der Waals surface area contributed by atoms with E-state index in [0.29, 0.717) is 17.2 Å². The van der Waals surface area contributed by atoms with Crippen LogP contribution in [0.15, 0.2) is 63.1 Å². The second kappa shape index (κ2) is 9.07. The summed E-state index contributed by atoms with van der Waals surface area (Å²) in [5.74, 6) is -1.12. The lowest BCUT2D eigenvalue weighted by molar-refractivity contribution is -0.131. The molecule has 3 rings (SSSR count). The molecule has 8 nitrogen and oxygen atoms in total. The highest BCUT2D eigenvalue weighted by atomic mass is 32.2. The molecule has 0 bridgehead atoms. The Hall–Kier alpha value is -3.59. The van der Waals surface area contributed by atoms with Crippen LogP contribution in [0.3, 0.4) is 0 Å². The summed E-state index contributed by atoms with van der Waals surface area (Å²) in [4.78, 5) is 22.4. The Morgan fingerprint density at radius 2 is 1.76 bits per heavy atom. The van der Waals surface area contributed by atoms with Gasteiger partial charge in [-0.3, -0.25) is 0 Å². The number of hydrogen-bond acceptors (Lipinski definition) is 7. The predicted octanol–water partition coefficient (Wildman–Crippen LogP) is 3.87. The van der Waals surface area contributed by atoms with Gasteiger partial charge in [0.2, 0.25) is 5.89 Å². The summed E-state index contributed by atoms with van der Waals surface area (Å²) in [6.07, 6.45) is 1.50. The van der Waals surface area contributed by atoms with E-state index < -0.39 is 11.9 Å². The average Bonchev–Trinajstić information content (AvgIpc) is 3.12. The Labute approximate surface area is 169 Å². The number of rotatable bonds is 8. The van der Waals surface area contributed by atoms with Crippen LogP contribution in [0, 0.1) is 6.92 Å². The molecule has 0 aliphatic rings. The molecule has 0 aliphatic heterocycles. The van der Waals surface area contributed by atoms with Gasteiger partial charge < -0.3 is 19.4 Å². The fourth-order valence-corrected chi connectivity index (χ4v) is 2.98. The summed E-state index contributed by atoms with van der Waals surface area (Å²) in [5, 5.41) is 25.9. The maximum atomic E-state index is 11.5. The van der Waals surface area contributed by atoms with Crippen LogP contribution in [0.5, 0.6) is 5.75 Å². The number of aromatic carboxylic acids is 1. The van der Waals surface area contributed by atoms with Gasteiger partial charge in [-0.25, -0.2) is 9.59 Å². The van der Waals surface area contributed by atoms with Crippen molar-refractivity contribution in [2.45, 2.75) is 18.8 Å². The fraction of sp³-hybridized carbons (Fsp3) is 0.100. The fourth-order valence-electron chi connectivity index (χ4n) is 2.27. The maximum absolute atomic E-state index is 11.5. The van der Waals surface area contributed by atoms with E-state index in [1.54, 1.807) is 43.3 Å². The van der Waals surface area contributed by atoms with Crippen LogP contribution in [0.25, 0.3) is 6.08 Å². The molecule has 0 fully saturated rings. The number of ether oxygens (including phenoxy) is 1. The maximum Gasteiger partial charge on any atom is 0.342 e. The van der Waals surface area contributed by atoms with Gasteiger partial charge in [0.1, 0.15) is 17.3 Å². The molecule has 0 atom stereocenters. The number of carbonyl (C=O) groups is 2. The molecule has 0 radical (unpaired) electrons. The van der Waals surface area contributed by atoms with Crippen LogP contribution in [-0.4, -0.2) is 32.3 Å². The second-order valence-electron chi connectivity index (χ2n) is 5.86. The van der Waals surface area contributed by atoms with Gasteiger partial charge in [-0.15, -0.1) is 10.2 Å². The van der Waals surface area contributed by atoms with Crippen molar-refractivity contribution in [1.29, 1.82) is 0 Å². The third-order valence-electron chi connectivity index (χ3n) is 3.70. The number of aryl methyl sites for hydroxylation is 1. The zero-order valence-electron chi connectivity index (χ0n) is 15.2. The third kappa shape index (κ3) is 5.69. The number of carboxylic acids is 2. The largest absolute Gasteiger partial charge is 0.489 e. The lowest BCUT2D eigenvalue weighted by Crippen LogP contribution is -1.99. The Kier molecular flexibility index (Phi) is 6.30. The van der Waals surface area contributed by atoms with Crippen molar-refractivity contribution in [1.82, 2.24) is 10.2 Å². The van der Waals surface area contributed by atoms with Crippen LogP contribution in [0.4, 0.5) is 0 Å². The minimum absolute atomic E-state index is 0.0424. The first-order chi connectivity index (χ1) is 13.9. The molecule has 0 saturated carbocycles. The Morgan fingerprint density at radius 3 is 2.31 bits per heavy atom. The van der Waals surface area contributed by atoms with E-state index in [-0.39, 0.29) is 22.3 Å². The number of benzene rings is 2. The van der Waals surface area contributed by atoms with E-state index in [9.17, 15) is 14.7 Å². The number of nitrogens with zero attached hydrogens (tertiary/aromatic N) is 2. The normalized spacial score (nSPS) is 11.3. The topological polar surface area (TPSA) is 123 Å². The van der Waals surface area contributed by atoms with E-state index in [0.717, 1.165) is 17.3 Å². The van der Waals surface area contributed by atoms with Crippen molar-refractivity contribution >= 4 is 29.8 Å². The van der Waals surface area contributed by atoms with Crippen molar-refractivity contribution in [3.8, 4) is 5.75 Å². The first-order valence-corrected chi connectivity index (χ1v) is 9.20. The monoisotopic (exact) mass is 412 g/mol. The van der Waals surface area contributed by atoms with E-state index in [1.807, 2.05) is 0 Å². The van der Waals surface area contributed by atoms with Crippen molar-refractivity contribution < 1.29 is 29.0 Å². The molecule has 3 aromatic rings. The van der Waals surface area contributed by atoms with Crippen molar-refractivity contribution in [3.05, 3.63) is 76.0 Å². The van der Waals surface area contributed by atoms with Gasteiger partial charge in [0, 0.05) is 6.92 Å². The van der Waals surface area contributed by atoms with Gasteiger partial charge in [0.25, 0.3) is 5.22 Å². The Bertz CT molecular complexity index is 1040. The molecular weight excluding hydrogens is 396 g/mol. The number of aromatic nitrogens is 2. The standard InChI is InChI=1S/C20H16N2O6S/c1-12-21-22-20(28-12)29-17(19(25)26)10-13-4-8-16(9-5-13)27-11-14-2-6-15(7-3-14)18(23)24/h2-10H,11H2,1H3,(H,23,24)(H,25,26)/b17-10-. The van der Waals surface area contributed by atoms with E-state index in [1.165, 1.54) is 18.2 Å². The third-order valence-corrected chi connectivity index (χ3v) is 4.55. The Balaban J connectivity index is 1.64. The molecule has 0 saturated heterocycles. The molecule has 148 valence electrons. The molecule has 9 heteroatoms. The quantitative estimate of drug-likeness (QED) is 0.419. The molecule has 2 N–H and O–H groups in total. The SMILES string of the molecule is Cc1nnc(S/C(=C\c2ccc(OCc3ccc(C(=O)O)cc3)cc2)C(=O)O)o1. The molecule has 2 aromatic carbocycles. The number of thioether (sulfide) groups is 1. The van der Waals surface area contributed by atoms with Gasteiger partial charge in [-0.05, 0) is 53.2 Å². The van der Waals surface area contributed by atoms with Crippen LogP contribution in [-0.2, 0) is 11.4 Å². The van der Waals surface area contributed by atoms with Crippen LogP contribution in [0.2, 0.25) is 0 Å². The van der Waals surface area contributed by atoms with Gasteiger partial charge >= 0.3 is 11.9 Å². The highest BCUT2D eigenvalue weighted by molar-refractivity contribution is 8.03. The highest BCUT2D eigenvalue weighted by Crippen LogP contribution is 2.28. The van der Waals surface area contributed by atoms with Gasteiger partial charge in [-0.2, -0.15) is 0 Å². The van der Waals surface area contributed by atoms with E-state index in [4.69, 9.17) is 14.3 Å². The summed E-state index contributed by atoms with van der Waals surface area (Å²) in [6.45, 7) is 1.91. The zero-order valence-corrected chi connectivity index (χ0v) is 16.0. The average molecular weight is 412 g/mol. The predicted molar refractivity (Wildman–Crippen MR) is 105 cm³/mol. The Morgan fingerprint density at radius 1 is 1.07 bits per heavy atom. The first-order valence-electron chi connectivity index (χ1n) is 8.39. The first kappa shape index (κ1) is 20.2. The molecule has 1 heterocycles. The van der Waals surface area contributed by atoms with E-state index in [2.05, 4.69) is 10.2 Å². The smallest absolute Gasteiger partial charge is 0.342 e. The lowest BCUT2D eigenvalue weighted by atomic mass is 10.1.